The van der Waals surface area contributed by atoms with Crippen molar-refractivity contribution >= 4 is 25.3 Å². The Kier molecular flexibility index (Phi) is 6.96. The van der Waals surface area contributed by atoms with Crippen molar-refractivity contribution in [3.63, 3.8) is 0 Å². The Morgan fingerprint density at radius 1 is 0.609 bits per heavy atom. The second-order valence-corrected chi connectivity index (χ2v) is 6.26. The van der Waals surface area contributed by atoms with E-state index in [1.54, 1.807) is 0 Å². The van der Waals surface area contributed by atoms with E-state index < -0.39 is 61.4 Å². The zero-order chi connectivity index (χ0) is 17.3. The van der Waals surface area contributed by atoms with Gasteiger partial charge in [-0.1, -0.05) is 0 Å². The number of hydrogen-bond donors (Lipinski definition) is 8. The normalized spacial score (nSPS) is 51.7. The van der Waals surface area contributed by atoms with E-state index in [-0.39, 0.29) is 11.5 Å². The molecule has 6 N–H and O–H groups in total. The average molecular weight is 374 g/mol. The van der Waals surface area contributed by atoms with Crippen molar-refractivity contribution in [3.05, 3.63) is 0 Å². The minimum atomic E-state index is -1.60. The Hall–Kier alpha value is 0.340. The molecule has 2 fully saturated rings. The van der Waals surface area contributed by atoms with Crippen LogP contribution in [0.2, 0.25) is 0 Å². The van der Waals surface area contributed by atoms with E-state index in [9.17, 15) is 30.6 Å². The standard InChI is InChI=1S/C12H22O9S2/c13-5-3(1-22)19-11(9(17)7(5)15)21-12-10(18)8(16)6(14)4(2-23)20-12/h3-18,22-23H,1-2H2/t3?,4?,5-,6-,7+,8?,9?,10?,11-,12?/m1/s1. The molecule has 11 heteroatoms. The van der Waals surface area contributed by atoms with Crippen LogP contribution in [0.3, 0.4) is 0 Å². The molecule has 0 saturated carbocycles. The average Bonchev–Trinajstić information content (AvgIpc) is 2.55. The van der Waals surface area contributed by atoms with Gasteiger partial charge < -0.3 is 44.8 Å². The van der Waals surface area contributed by atoms with Crippen molar-refractivity contribution in [2.24, 2.45) is 0 Å². The van der Waals surface area contributed by atoms with Crippen LogP contribution in [0, 0.1) is 0 Å². The molecule has 0 bridgehead atoms. The highest BCUT2D eigenvalue weighted by Gasteiger charge is 2.49. The fraction of sp³-hybridized carbons (Fsp3) is 1.00. The minimum Gasteiger partial charge on any atom is -0.388 e. The molecule has 2 rings (SSSR count). The molecule has 2 aliphatic rings. The molecule has 0 aromatic carbocycles. The van der Waals surface area contributed by atoms with Gasteiger partial charge in [0.15, 0.2) is 12.6 Å². The van der Waals surface area contributed by atoms with Crippen molar-refractivity contribution in [1.82, 2.24) is 0 Å². The molecule has 2 aliphatic heterocycles. The van der Waals surface area contributed by atoms with Crippen molar-refractivity contribution in [3.8, 4) is 0 Å². The highest BCUT2D eigenvalue weighted by molar-refractivity contribution is 7.80. The second kappa shape index (κ2) is 8.15. The first-order chi connectivity index (χ1) is 10.8. The second-order valence-electron chi connectivity index (χ2n) is 5.53. The maximum absolute atomic E-state index is 9.93. The summed E-state index contributed by atoms with van der Waals surface area (Å²) in [5, 5.41) is 58.9. The molecule has 2 heterocycles. The van der Waals surface area contributed by atoms with Gasteiger partial charge in [-0.05, 0) is 0 Å². The predicted molar refractivity (Wildman–Crippen MR) is 82.2 cm³/mol. The smallest absolute Gasteiger partial charge is 0.189 e. The van der Waals surface area contributed by atoms with Crippen LogP contribution >= 0.6 is 25.3 Å². The third kappa shape index (κ3) is 3.96. The molecule has 2 saturated heterocycles. The lowest BCUT2D eigenvalue weighted by Gasteiger charge is -2.44. The van der Waals surface area contributed by atoms with Gasteiger partial charge in [0.1, 0.15) is 36.6 Å². The van der Waals surface area contributed by atoms with Gasteiger partial charge in [-0.2, -0.15) is 25.3 Å². The fourth-order valence-corrected chi connectivity index (χ4v) is 3.10. The van der Waals surface area contributed by atoms with Gasteiger partial charge >= 0.3 is 0 Å². The molecule has 0 aromatic heterocycles. The third-order valence-electron chi connectivity index (χ3n) is 3.97. The highest BCUT2D eigenvalue weighted by atomic mass is 32.1. The Labute approximate surface area is 143 Å². The van der Waals surface area contributed by atoms with Gasteiger partial charge in [-0.15, -0.1) is 0 Å². The van der Waals surface area contributed by atoms with Gasteiger partial charge in [0.05, 0.1) is 12.2 Å². The van der Waals surface area contributed by atoms with Gasteiger partial charge in [-0.3, -0.25) is 0 Å². The largest absolute Gasteiger partial charge is 0.388 e. The molecule has 9 nitrogen and oxygen atoms in total. The van der Waals surface area contributed by atoms with E-state index in [0.29, 0.717) is 0 Å². The summed E-state index contributed by atoms with van der Waals surface area (Å²) in [4.78, 5) is 0. The first-order valence-electron chi connectivity index (χ1n) is 7.08. The van der Waals surface area contributed by atoms with E-state index in [4.69, 9.17) is 14.2 Å². The first kappa shape index (κ1) is 19.7. The molecular weight excluding hydrogens is 352 g/mol. The summed E-state index contributed by atoms with van der Waals surface area (Å²) < 4.78 is 15.9. The number of hydrogen-bond acceptors (Lipinski definition) is 11. The van der Waals surface area contributed by atoms with E-state index in [0.717, 1.165) is 0 Å². The summed E-state index contributed by atoms with van der Waals surface area (Å²) in [6, 6.07) is 0. The number of aliphatic hydroxyl groups is 6. The molecule has 0 aliphatic carbocycles. The number of rotatable bonds is 4. The SMILES string of the molecule is OC1C(O[C@H]2OC(CS)[C@@H](O)[C@H](O)C2O)OC(CS)[C@@H](O)C1O. The summed E-state index contributed by atoms with van der Waals surface area (Å²) >= 11 is 7.95. The Balaban J connectivity index is 2.07. The molecule has 136 valence electrons. The summed E-state index contributed by atoms with van der Waals surface area (Å²) in [7, 11) is 0. The lowest BCUT2D eigenvalue weighted by atomic mass is 9.98. The van der Waals surface area contributed by atoms with Crippen molar-refractivity contribution < 1.29 is 44.8 Å². The van der Waals surface area contributed by atoms with Gasteiger partial charge in [0, 0.05) is 11.5 Å². The van der Waals surface area contributed by atoms with Crippen LogP contribution in [0.25, 0.3) is 0 Å². The van der Waals surface area contributed by atoms with Crippen molar-refractivity contribution in [2.45, 2.75) is 61.4 Å². The van der Waals surface area contributed by atoms with Crippen LogP contribution in [0.15, 0.2) is 0 Å². The quantitative estimate of drug-likeness (QED) is 0.234. The lowest BCUT2D eigenvalue weighted by Crippen LogP contribution is -2.63. The van der Waals surface area contributed by atoms with Gasteiger partial charge in [0.2, 0.25) is 0 Å². The molecular formula is C12H22O9S2. The van der Waals surface area contributed by atoms with E-state index in [1.807, 2.05) is 0 Å². The minimum absolute atomic E-state index is 0.0550. The molecule has 0 radical (unpaired) electrons. The molecule has 23 heavy (non-hydrogen) atoms. The van der Waals surface area contributed by atoms with Crippen LogP contribution in [0.5, 0.6) is 0 Å². The summed E-state index contributed by atoms with van der Waals surface area (Å²) in [5.41, 5.74) is 0. The van der Waals surface area contributed by atoms with Crippen LogP contribution in [0.4, 0.5) is 0 Å². The summed E-state index contributed by atoms with van der Waals surface area (Å²) in [5.74, 6) is 0.110. The summed E-state index contributed by atoms with van der Waals surface area (Å²) in [6.07, 6.45) is -13.6. The first-order valence-corrected chi connectivity index (χ1v) is 8.34. The zero-order valence-corrected chi connectivity index (χ0v) is 13.8. The molecule has 0 amide bonds. The van der Waals surface area contributed by atoms with Crippen LogP contribution in [0.1, 0.15) is 0 Å². The Morgan fingerprint density at radius 3 is 1.26 bits per heavy atom. The molecule has 6 unspecified atom stereocenters. The molecule has 10 atom stereocenters. The summed E-state index contributed by atoms with van der Waals surface area (Å²) in [6.45, 7) is 0. The maximum atomic E-state index is 9.93. The van der Waals surface area contributed by atoms with E-state index >= 15 is 0 Å². The fourth-order valence-electron chi connectivity index (χ4n) is 2.49. The van der Waals surface area contributed by atoms with Gasteiger partial charge in [0.25, 0.3) is 0 Å². The van der Waals surface area contributed by atoms with Crippen molar-refractivity contribution in [1.29, 1.82) is 0 Å². The Bertz CT molecular complexity index is 352. The highest BCUT2D eigenvalue weighted by Crippen LogP contribution is 2.28. The molecule has 0 aromatic rings. The van der Waals surface area contributed by atoms with Crippen LogP contribution in [-0.4, -0.2) is 104 Å². The van der Waals surface area contributed by atoms with E-state index in [2.05, 4.69) is 25.3 Å². The third-order valence-corrected chi connectivity index (χ3v) is 4.68. The van der Waals surface area contributed by atoms with Crippen LogP contribution < -0.4 is 0 Å². The maximum Gasteiger partial charge on any atom is 0.189 e. The topological polar surface area (TPSA) is 149 Å². The monoisotopic (exact) mass is 374 g/mol. The number of thiol groups is 2. The number of ether oxygens (including phenoxy) is 3. The van der Waals surface area contributed by atoms with Crippen molar-refractivity contribution in [2.75, 3.05) is 11.5 Å². The van der Waals surface area contributed by atoms with Gasteiger partial charge in [-0.25, -0.2) is 0 Å². The van der Waals surface area contributed by atoms with E-state index in [1.165, 1.54) is 0 Å². The lowest BCUT2D eigenvalue weighted by molar-refractivity contribution is -0.369. The zero-order valence-electron chi connectivity index (χ0n) is 12.0. The molecule has 0 spiro atoms. The van der Waals surface area contributed by atoms with Crippen LogP contribution in [-0.2, 0) is 14.2 Å². The number of aliphatic hydroxyl groups excluding tert-OH is 6. The Morgan fingerprint density at radius 2 is 0.957 bits per heavy atom. The predicted octanol–water partition coefficient (Wildman–Crippen LogP) is -3.52.